The van der Waals surface area contributed by atoms with Gasteiger partial charge < -0.3 is 10.0 Å². The summed E-state index contributed by atoms with van der Waals surface area (Å²) in [6.07, 6.45) is 6.09. The molecule has 0 bridgehead atoms. The third-order valence-electron chi connectivity index (χ3n) is 3.40. The van der Waals surface area contributed by atoms with Gasteiger partial charge in [0.2, 0.25) is 0 Å². The van der Waals surface area contributed by atoms with Gasteiger partial charge in [-0.15, -0.1) is 0 Å². The fourth-order valence-electron chi connectivity index (χ4n) is 1.96. The Morgan fingerprint density at radius 1 is 1.40 bits per heavy atom. The Labute approximate surface area is 92.5 Å². The van der Waals surface area contributed by atoms with Gasteiger partial charge in [-0.3, -0.25) is 4.79 Å². The highest BCUT2D eigenvalue weighted by molar-refractivity contribution is 5.66. The third-order valence-corrected chi connectivity index (χ3v) is 3.40. The summed E-state index contributed by atoms with van der Waals surface area (Å²) in [4.78, 5) is 12.7. The number of unbranched alkanes of at least 4 members (excludes halogenated alkanes) is 2. The molecule has 0 amide bonds. The summed E-state index contributed by atoms with van der Waals surface area (Å²) in [5.41, 5.74) is 0. The van der Waals surface area contributed by atoms with Crippen molar-refractivity contribution in [3.8, 4) is 0 Å². The number of aliphatic carboxylic acids is 1. The van der Waals surface area contributed by atoms with Gasteiger partial charge >= 0.3 is 5.97 Å². The normalized spacial score (nSPS) is 18.1. The van der Waals surface area contributed by atoms with Gasteiger partial charge in [-0.1, -0.05) is 6.42 Å². The average Bonchev–Trinajstić information content (AvgIpc) is 2.98. The molecule has 1 saturated carbocycles. The lowest BCUT2D eigenvalue weighted by Crippen LogP contribution is -2.31. The third kappa shape index (κ3) is 5.17. The number of carboxylic acids is 1. The Kier molecular flexibility index (Phi) is 5.09. The topological polar surface area (TPSA) is 40.5 Å². The number of nitrogens with zero attached hydrogens (tertiary/aromatic N) is 1. The second-order valence-corrected chi connectivity index (χ2v) is 4.76. The Morgan fingerprint density at radius 2 is 2.07 bits per heavy atom. The maximum absolute atomic E-state index is 10.3. The van der Waals surface area contributed by atoms with Crippen LogP contribution in [0.1, 0.15) is 45.4 Å². The number of hydrogen-bond acceptors (Lipinski definition) is 2. The summed E-state index contributed by atoms with van der Waals surface area (Å²) in [6.45, 7) is 3.41. The van der Waals surface area contributed by atoms with Crippen LogP contribution < -0.4 is 0 Å². The summed E-state index contributed by atoms with van der Waals surface area (Å²) in [5.74, 6) is 0.253. The molecular formula is C12H23NO2. The highest BCUT2D eigenvalue weighted by Crippen LogP contribution is 2.34. The summed E-state index contributed by atoms with van der Waals surface area (Å²) >= 11 is 0. The van der Waals surface area contributed by atoms with E-state index in [4.69, 9.17) is 5.11 Å². The van der Waals surface area contributed by atoms with Gasteiger partial charge in [0.25, 0.3) is 0 Å². The molecule has 0 aliphatic heterocycles. The maximum atomic E-state index is 10.3. The van der Waals surface area contributed by atoms with E-state index in [0.717, 1.165) is 31.7 Å². The van der Waals surface area contributed by atoms with Crippen molar-refractivity contribution in [2.45, 2.75) is 51.5 Å². The molecule has 1 rings (SSSR count). The molecule has 88 valence electrons. The zero-order valence-electron chi connectivity index (χ0n) is 9.91. The van der Waals surface area contributed by atoms with E-state index in [0.29, 0.717) is 12.5 Å². The molecule has 3 heteroatoms. The minimum Gasteiger partial charge on any atom is -0.481 e. The van der Waals surface area contributed by atoms with Crippen LogP contribution in [0, 0.1) is 5.92 Å². The van der Waals surface area contributed by atoms with Crippen LogP contribution in [0.15, 0.2) is 0 Å². The van der Waals surface area contributed by atoms with Crippen molar-refractivity contribution in [1.82, 2.24) is 4.90 Å². The summed E-state index contributed by atoms with van der Waals surface area (Å²) < 4.78 is 0. The Balaban J connectivity index is 1.96. The molecule has 1 aliphatic rings. The predicted molar refractivity (Wildman–Crippen MR) is 60.9 cm³/mol. The van der Waals surface area contributed by atoms with Crippen molar-refractivity contribution in [3.63, 3.8) is 0 Å². The van der Waals surface area contributed by atoms with Gasteiger partial charge in [-0.25, -0.2) is 0 Å². The van der Waals surface area contributed by atoms with E-state index >= 15 is 0 Å². The number of carboxylic acid groups (broad SMARTS) is 1. The zero-order valence-corrected chi connectivity index (χ0v) is 9.91. The first-order chi connectivity index (χ1) is 7.11. The fraction of sp³-hybridized carbons (Fsp3) is 0.917. The number of hydrogen-bond donors (Lipinski definition) is 1. The second kappa shape index (κ2) is 6.11. The van der Waals surface area contributed by atoms with Crippen molar-refractivity contribution in [2.24, 2.45) is 5.92 Å². The molecule has 1 aliphatic carbocycles. The lowest BCUT2D eigenvalue weighted by molar-refractivity contribution is -0.137. The van der Waals surface area contributed by atoms with Crippen LogP contribution in [0.25, 0.3) is 0 Å². The molecule has 15 heavy (non-hydrogen) atoms. The Hall–Kier alpha value is -0.570. The van der Waals surface area contributed by atoms with Crippen molar-refractivity contribution in [3.05, 3.63) is 0 Å². The van der Waals surface area contributed by atoms with Crippen molar-refractivity contribution in [2.75, 3.05) is 13.6 Å². The van der Waals surface area contributed by atoms with Gasteiger partial charge in [0.1, 0.15) is 0 Å². The van der Waals surface area contributed by atoms with Crippen molar-refractivity contribution in [1.29, 1.82) is 0 Å². The summed E-state index contributed by atoms with van der Waals surface area (Å²) in [5, 5.41) is 8.48. The SMILES string of the molecule is CC(C1CC1)N(C)CCCCCC(=O)O. The van der Waals surface area contributed by atoms with Crippen LogP contribution in [-0.2, 0) is 4.79 Å². The molecule has 0 aromatic rings. The van der Waals surface area contributed by atoms with Crippen LogP contribution in [0.5, 0.6) is 0 Å². The maximum Gasteiger partial charge on any atom is 0.303 e. The lowest BCUT2D eigenvalue weighted by Gasteiger charge is -2.24. The summed E-state index contributed by atoms with van der Waals surface area (Å²) in [6, 6.07) is 0.712. The first-order valence-corrected chi connectivity index (χ1v) is 6.03. The number of carbonyl (C=O) groups is 1. The Bertz CT molecular complexity index is 202. The first-order valence-electron chi connectivity index (χ1n) is 6.03. The minimum atomic E-state index is -0.672. The standard InChI is InChI=1S/C12H23NO2/c1-10(11-7-8-11)13(2)9-5-3-4-6-12(14)15/h10-11H,3-9H2,1-2H3,(H,14,15). The van der Waals surface area contributed by atoms with Crippen molar-refractivity contribution >= 4 is 5.97 Å². The molecule has 0 saturated heterocycles. The van der Waals surface area contributed by atoms with Gasteiger partial charge in [0, 0.05) is 12.5 Å². The van der Waals surface area contributed by atoms with E-state index in [2.05, 4.69) is 18.9 Å². The van der Waals surface area contributed by atoms with Crippen LogP contribution in [0.2, 0.25) is 0 Å². The Morgan fingerprint density at radius 3 is 2.60 bits per heavy atom. The fourth-order valence-corrected chi connectivity index (χ4v) is 1.96. The molecule has 1 unspecified atom stereocenters. The molecule has 0 aromatic heterocycles. The first kappa shape index (κ1) is 12.5. The molecule has 0 radical (unpaired) electrons. The average molecular weight is 213 g/mol. The smallest absolute Gasteiger partial charge is 0.303 e. The van der Waals surface area contributed by atoms with Gasteiger partial charge in [0.05, 0.1) is 0 Å². The molecule has 0 aromatic carbocycles. The van der Waals surface area contributed by atoms with Gasteiger partial charge in [-0.2, -0.15) is 0 Å². The second-order valence-electron chi connectivity index (χ2n) is 4.76. The van der Waals surface area contributed by atoms with E-state index in [1.807, 2.05) is 0 Å². The van der Waals surface area contributed by atoms with E-state index in [1.54, 1.807) is 0 Å². The summed E-state index contributed by atoms with van der Waals surface area (Å²) in [7, 11) is 2.18. The molecule has 0 heterocycles. The molecule has 3 nitrogen and oxygen atoms in total. The molecule has 1 fully saturated rings. The van der Waals surface area contributed by atoms with E-state index < -0.39 is 5.97 Å². The molecule has 1 atom stereocenters. The van der Waals surface area contributed by atoms with Crippen LogP contribution in [0.3, 0.4) is 0 Å². The molecular weight excluding hydrogens is 190 g/mol. The number of rotatable bonds is 8. The van der Waals surface area contributed by atoms with E-state index in [1.165, 1.54) is 12.8 Å². The van der Waals surface area contributed by atoms with Crippen LogP contribution >= 0.6 is 0 Å². The largest absolute Gasteiger partial charge is 0.481 e. The van der Waals surface area contributed by atoms with E-state index in [-0.39, 0.29) is 0 Å². The van der Waals surface area contributed by atoms with Gasteiger partial charge in [-0.05, 0) is 52.1 Å². The monoisotopic (exact) mass is 213 g/mol. The highest BCUT2D eigenvalue weighted by atomic mass is 16.4. The highest BCUT2D eigenvalue weighted by Gasteiger charge is 2.29. The van der Waals surface area contributed by atoms with Crippen LogP contribution in [0.4, 0.5) is 0 Å². The van der Waals surface area contributed by atoms with Crippen molar-refractivity contribution < 1.29 is 9.90 Å². The quantitative estimate of drug-likeness (QED) is 0.629. The molecule has 0 spiro atoms. The lowest BCUT2D eigenvalue weighted by atomic mass is 10.1. The minimum absolute atomic E-state index is 0.321. The zero-order chi connectivity index (χ0) is 11.3. The van der Waals surface area contributed by atoms with E-state index in [9.17, 15) is 4.79 Å². The van der Waals surface area contributed by atoms with Crippen LogP contribution in [-0.4, -0.2) is 35.6 Å². The van der Waals surface area contributed by atoms with Gasteiger partial charge in [0.15, 0.2) is 0 Å². The molecule has 1 N–H and O–H groups in total. The predicted octanol–water partition coefficient (Wildman–Crippen LogP) is 2.36.